The van der Waals surface area contributed by atoms with Crippen molar-refractivity contribution in [2.45, 2.75) is 4.90 Å². The standard InChI is InChI=1S/C10H7NOS2/c12-9(10-11-5-6-14-10)7-3-1-2-4-8(7)13/h1-6,13H. The summed E-state index contributed by atoms with van der Waals surface area (Å²) < 4.78 is 0. The lowest BCUT2D eigenvalue weighted by Crippen LogP contribution is -2.01. The lowest BCUT2D eigenvalue weighted by Gasteiger charge is -1.99. The third kappa shape index (κ3) is 1.71. The van der Waals surface area contributed by atoms with Crippen LogP contribution in [0, 0.1) is 0 Å². The SMILES string of the molecule is O=C(c1nccs1)c1ccccc1S. The second-order valence-corrected chi connectivity index (χ2v) is 4.06. The number of aromatic nitrogens is 1. The minimum atomic E-state index is -0.0643. The van der Waals surface area contributed by atoms with E-state index >= 15 is 0 Å². The van der Waals surface area contributed by atoms with Crippen molar-refractivity contribution in [1.29, 1.82) is 0 Å². The fourth-order valence-corrected chi connectivity index (χ4v) is 1.97. The maximum Gasteiger partial charge on any atom is 0.222 e. The van der Waals surface area contributed by atoms with Gasteiger partial charge in [-0.2, -0.15) is 0 Å². The Hall–Kier alpha value is -1.13. The summed E-state index contributed by atoms with van der Waals surface area (Å²) in [5, 5.41) is 2.29. The molecule has 0 aliphatic rings. The predicted octanol–water partition coefficient (Wildman–Crippen LogP) is 2.66. The quantitative estimate of drug-likeness (QED) is 0.624. The molecule has 0 bridgehead atoms. The summed E-state index contributed by atoms with van der Waals surface area (Å²) in [6.07, 6.45) is 1.62. The highest BCUT2D eigenvalue weighted by Crippen LogP contribution is 2.18. The van der Waals surface area contributed by atoms with Crippen molar-refractivity contribution < 1.29 is 4.79 Å². The van der Waals surface area contributed by atoms with E-state index in [4.69, 9.17) is 0 Å². The topological polar surface area (TPSA) is 30.0 Å². The third-order valence-corrected chi connectivity index (χ3v) is 2.94. The Labute approximate surface area is 91.0 Å². The summed E-state index contributed by atoms with van der Waals surface area (Å²) in [7, 11) is 0. The average Bonchev–Trinajstić information content (AvgIpc) is 2.70. The van der Waals surface area contributed by atoms with E-state index in [0.29, 0.717) is 15.5 Å². The van der Waals surface area contributed by atoms with Crippen LogP contribution >= 0.6 is 24.0 Å². The number of rotatable bonds is 2. The lowest BCUT2D eigenvalue weighted by molar-refractivity contribution is 0.103. The van der Waals surface area contributed by atoms with Crippen molar-refractivity contribution >= 4 is 29.7 Å². The van der Waals surface area contributed by atoms with Gasteiger partial charge < -0.3 is 0 Å². The Morgan fingerprint density at radius 1 is 1.36 bits per heavy atom. The van der Waals surface area contributed by atoms with Crippen LogP contribution in [0.2, 0.25) is 0 Å². The first kappa shape index (κ1) is 9.43. The van der Waals surface area contributed by atoms with Gasteiger partial charge in [-0.3, -0.25) is 4.79 Å². The van der Waals surface area contributed by atoms with Crippen molar-refractivity contribution in [2.24, 2.45) is 0 Å². The van der Waals surface area contributed by atoms with Gasteiger partial charge in [0.2, 0.25) is 5.78 Å². The van der Waals surface area contributed by atoms with E-state index in [9.17, 15) is 4.79 Å². The van der Waals surface area contributed by atoms with Gasteiger partial charge in [0.15, 0.2) is 5.01 Å². The molecule has 0 atom stereocenters. The molecule has 0 saturated heterocycles. The number of hydrogen-bond acceptors (Lipinski definition) is 4. The van der Waals surface area contributed by atoms with Crippen LogP contribution in [0.1, 0.15) is 15.4 Å². The maximum atomic E-state index is 11.8. The van der Waals surface area contributed by atoms with Crippen LogP contribution in [0.5, 0.6) is 0 Å². The summed E-state index contributed by atoms with van der Waals surface area (Å²) in [4.78, 5) is 16.5. The Balaban J connectivity index is 2.42. The summed E-state index contributed by atoms with van der Waals surface area (Å²) in [6.45, 7) is 0. The first-order valence-corrected chi connectivity index (χ1v) is 5.34. The van der Waals surface area contributed by atoms with E-state index in [1.54, 1.807) is 23.7 Å². The number of ketones is 1. The molecule has 0 fully saturated rings. The van der Waals surface area contributed by atoms with Gasteiger partial charge in [0, 0.05) is 22.0 Å². The van der Waals surface area contributed by atoms with Crippen LogP contribution in [0.15, 0.2) is 40.7 Å². The van der Waals surface area contributed by atoms with Gasteiger partial charge in [-0.05, 0) is 12.1 Å². The zero-order valence-electron chi connectivity index (χ0n) is 7.18. The molecule has 0 aliphatic carbocycles. The van der Waals surface area contributed by atoms with Gasteiger partial charge in [-0.25, -0.2) is 4.98 Å². The van der Waals surface area contributed by atoms with E-state index in [1.165, 1.54) is 11.3 Å². The summed E-state index contributed by atoms with van der Waals surface area (Å²) in [5.41, 5.74) is 0.603. The second kappa shape index (κ2) is 3.94. The number of nitrogens with zero attached hydrogens (tertiary/aromatic N) is 1. The molecule has 14 heavy (non-hydrogen) atoms. The Bertz CT molecular complexity index is 451. The molecule has 4 heteroatoms. The Morgan fingerprint density at radius 2 is 2.14 bits per heavy atom. The molecule has 0 N–H and O–H groups in total. The fraction of sp³-hybridized carbons (Fsp3) is 0. The largest absolute Gasteiger partial charge is 0.286 e. The predicted molar refractivity (Wildman–Crippen MR) is 59.2 cm³/mol. The molecule has 1 aromatic carbocycles. The van der Waals surface area contributed by atoms with Gasteiger partial charge in [0.25, 0.3) is 0 Å². The first-order chi connectivity index (χ1) is 6.79. The van der Waals surface area contributed by atoms with Crippen molar-refractivity contribution in [3.8, 4) is 0 Å². The summed E-state index contributed by atoms with van der Waals surface area (Å²) in [6, 6.07) is 7.22. The van der Waals surface area contributed by atoms with Crippen LogP contribution in [0.25, 0.3) is 0 Å². The van der Waals surface area contributed by atoms with Gasteiger partial charge >= 0.3 is 0 Å². The number of benzene rings is 1. The molecule has 0 aliphatic heterocycles. The van der Waals surface area contributed by atoms with E-state index in [2.05, 4.69) is 17.6 Å². The average molecular weight is 221 g/mol. The van der Waals surface area contributed by atoms with E-state index in [-0.39, 0.29) is 5.78 Å². The highest BCUT2D eigenvalue weighted by molar-refractivity contribution is 7.80. The minimum Gasteiger partial charge on any atom is -0.286 e. The molecule has 70 valence electrons. The molecule has 2 nitrogen and oxygen atoms in total. The van der Waals surface area contributed by atoms with Crippen molar-refractivity contribution in [2.75, 3.05) is 0 Å². The summed E-state index contributed by atoms with van der Waals surface area (Å²) >= 11 is 5.56. The normalized spacial score (nSPS) is 10.1. The Morgan fingerprint density at radius 3 is 2.79 bits per heavy atom. The number of carbonyl (C=O) groups excluding carboxylic acids is 1. The lowest BCUT2D eigenvalue weighted by atomic mass is 10.1. The fourth-order valence-electron chi connectivity index (χ4n) is 1.12. The third-order valence-electron chi connectivity index (χ3n) is 1.78. The van der Waals surface area contributed by atoms with Crippen molar-refractivity contribution in [3.05, 3.63) is 46.4 Å². The van der Waals surface area contributed by atoms with Gasteiger partial charge in [-0.15, -0.1) is 24.0 Å². The highest BCUT2D eigenvalue weighted by atomic mass is 32.1. The molecule has 0 amide bonds. The molecule has 0 saturated carbocycles. The van der Waals surface area contributed by atoms with E-state index < -0.39 is 0 Å². The van der Waals surface area contributed by atoms with Crippen LogP contribution in [-0.2, 0) is 0 Å². The molecular formula is C10H7NOS2. The minimum absolute atomic E-state index is 0.0643. The van der Waals surface area contributed by atoms with Gasteiger partial charge in [0.1, 0.15) is 0 Å². The second-order valence-electron chi connectivity index (χ2n) is 2.68. The van der Waals surface area contributed by atoms with E-state index in [0.717, 1.165) is 0 Å². The molecule has 2 aromatic rings. The van der Waals surface area contributed by atoms with Crippen LogP contribution in [0.4, 0.5) is 0 Å². The van der Waals surface area contributed by atoms with Gasteiger partial charge in [0.05, 0.1) is 0 Å². The smallest absolute Gasteiger partial charge is 0.222 e. The number of carbonyl (C=O) groups is 1. The zero-order chi connectivity index (χ0) is 9.97. The number of hydrogen-bond donors (Lipinski definition) is 1. The van der Waals surface area contributed by atoms with Crippen LogP contribution in [0.3, 0.4) is 0 Å². The molecule has 1 aromatic heterocycles. The molecule has 2 rings (SSSR count). The summed E-state index contributed by atoms with van der Waals surface area (Å²) in [5.74, 6) is -0.0643. The zero-order valence-corrected chi connectivity index (χ0v) is 8.89. The van der Waals surface area contributed by atoms with Crippen LogP contribution < -0.4 is 0 Å². The highest BCUT2D eigenvalue weighted by Gasteiger charge is 2.13. The monoisotopic (exact) mass is 221 g/mol. The van der Waals surface area contributed by atoms with Crippen LogP contribution in [-0.4, -0.2) is 10.8 Å². The molecular weight excluding hydrogens is 214 g/mol. The van der Waals surface area contributed by atoms with Gasteiger partial charge in [-0.1, -0.05) is 12.1 Å². The molecule has 0 unspecified atom stereocenters. The number of thiazole rings is 1. The molecule has 1 heterocycles. The Kier molecular flexibility index (Phi) is 2.65. The van der Waals surface area contributed by atoms with Crippen molar-refractivity contribution in [3.63, 3.8) is 0 Å². The van der Waals surface area contributed by atoms with E-state index in [1.807, 2.05) is 12.1 Å². The van der Waals surface area contributed by atoms with Crippen molar-refractivity contribution in [1.82, 2.24) is 4.98 Å². The maximum absolute atomic E-state index is 11.8. The molecule has 0 spiro atoms. The first-order valence-electron chi connectivity index (χ1n) is 4.01. The number of thiol groups is 1. The molecule has 0 radical (unpaired) electrons.